The predicted molar refractivity (Wildman–Crippen MR) is 139 cm³/mol. The van der Waals surface area contributed by atoms with Gasteiger partial charge < -0.3 is 17.0 Å². The first-order valence-corrected chi connectivity index (χ1v) is 14.4. The van der Waals surface area contributed by atoms with Crippen molar-refractivity contribution in [1.82, 2.24) is 4.57 Å². The second kappa shape index (κ2) is 11.8. The van der Waals surface area contributed by atoms with Gasteiger partial charge in [-0.05, 0) is 56.8 Å². The molecule has 0 bridgehead atoms. The zero-order valence-corrected chi connectivity index (χ0v) is 23.9. The van der Waals surface area contributed by atoms with Crippen LogP contribution in [0, 0.1) is 12.3 Å². The highest BCUT2D eigenvalue weighted by Gasteiger charge is 2.46. The number of carbonyl (C=O) groups is 2. The average Bonchev–Trinajstić information content (AvgIpc) is 3.18. The Labute approximate surface area is 227 Å². The van der Waals surface area contributed by atoms with Crippen LogP contribution in [-0.4, -0.2) is 16.1 Å². The molecule has 0 unspecified atom stereocenters. The van der Waals surface area contributed by atoms with Crippen molar-refractivity contribution in [3.8, 4) is 0 Å². The third kappa shape index (κ3) is 5.01. The minimum Gasteiger partial charge on any atom is -1.00 e. The molecule has 2 saturated carbocycles. The van der Waals surface area contributed by atoms with E-state index in [1.54, 1.807) is 0 Å². The second-order valence-corrected chi connectivity index (χ2v) is 11.5. The van der Waals surface area contributed by atoms with E-state index in [4.69, 9.17) is 0 Å². The van der Waals surface area contributed by atoms with Gasteiger partial charge in [-0.2, -0.15) is 0 Å². The highest BCUT2D eigenvalue weighted by Crippen LogP contribution is 2.50. The number of benzene rings is 1. The molecular weight excluding hydrogens is 512 g/mol. The summed E-state index contributed by atoms with van der Waals surface area (Å²) in [5, 5.41) is 0. The monoisotopic (exact) mass is 554 g/mol. The van der Waals surface area contributed by atoms with Crippen molar-refractivity contribution in [2.75, 3.05) is 0 Å². The number of aromatic nitrogens is 2. The van der Waals surface area contributed by atoms with Gasteiger partial charge in [0.05, 0.1) is 6.54 Å². The van der Waals surface area contributed by atoms with Gasteiger partial charge in [0, 0.05) is 18.1 Å². The first-order chi connectivity index (χ1) is 17.1. The van der Waals surface area contributed by atoms with Crippen molar-refractivity contribution in [3.63, 3.8) is 0 Å². The van der Waals surface area contributed by atoms with Crippen molar-refractivity contribution in [3.05, 3.63) is 52.6 Å². The molecule has 1 spiro atoms. The number of imidazole rings is 1. The summed E-state index contributed by atoms with van der Waals surface area (Å²) in [4.78, 5) is 27.6. The maximum Gasteiger partial charge on any atom is 0.254 e. The lowest BCUT2D eigenvalue weighted by molar-refractivity contribution is -0.704. The molecule has 0 atom stereocenters. The SMILES string of the molecule is CCCCCCCC[n+]1c2c(n(C3CCC4(CCCCC4)CC3)c1C)C(=O)c1ccccc1C2=O.[Br-]. The highest BCUT2D eigenvalue weighted by atomic mass is 79.9. The quantitative estimate of drug-likeness (QED) is 0.308. The fourth-order valence-corrected chi connectivity index (χ4v) is 7.32. The Morgan fingerprint density at radius 2 is 1.47 bits per heavy atom. The largest absolute Gasteiger partial charge is 1.00 e. The molecule has 4 nitrogen and oxygen atoms in total. The Balaban J connectivity index is 0.00000304. The summed E-state index contributed by atoms with van der Waals surface area (Å²) in [5.41, 5.74) is 3.01. The van der Waals surface area contributed by atoms with Gasteiger partial charge >= 0.3 is 0 Å². The maximum atomic E-state index is 13.8. The minimum absolute atomic E-state index is 0. The van der Waals surface area contributed by atoms with E-state index >= 15 is 0 Å². The van der Waals surface area contributed by atoms with Crippen LogP contribution in [0.3, 0.4) is 0 Å². The Morgan fingerprint density at radius 3 is 2.14 bits per heavy atom. The van der Waals surface area contributed by atoms with Gasteiger partial charge in [0.15, 0.2) is 0 Å². The Morgan fingerprint density at radius 1 is 0.861 bits per heavy atom. The summed E-state index contributed by atoms with van der Waals surface area (Å²) in [6.07, 6.45) is 19.0. The maximum absolute atomic E-state index is 13.8. The first kappa shape index (κ1) is 27.3. The van der Waals surface area contributed by atoms with Crippen molar-refractivity contribution in [2.45, 2.75) is 123 Å². The van der Waals surface area contributed by atoms with Crippen LogP contribution in [0.2, 0.25) is 0 Å². The molecular formula is C31H43BrN2O2. The van der Waals surface area contributed by atoms with E-state index in [9.17, 15) is 9.59 Å². The molecule has 1 heterocycles. The second-order valence-electron chi connectivity index (χ2n) is 11.5. The average molecular weight is 556 g/mol. The van der Waals surface area contributed by atoms with Gasteiger partial charge in [-0.15, -0.1) is 0 Å². The van der Waals surface area contributed by atoms with Crippen molar-refractivity contribution in [1.29, 1.82) is 0 Å². The van der Waals surface area contributed by atoms with Crippen LogP contribution in [0.1, 0.15) is 147 Å². The number of hydrogen-bond acceptors (Lipinski definition) is 2. The molecule has 2 fully saturated rings. The van der Waals surface area contributed by atoms with Crippen molar-refractivity contribution >= 4 is 11.6 Å². The van der Waals surface area contributed by atoms with Crippen LogP contribution in [-0.2, 0) is 6.54 Å². The number of ketones is 2. The lowest BCUT2D eigenvalue weighted by Gasteiger charge is -2.42. The first-order valence-electron chi connectivity index (χ1n) is 14.4. The van der Waals surface area contributed by atoms with Gasteiger partial charge in [-0.25, -0.2) is 9.13 Å². The Bertz CT molecular complexity index is 1090. The predicted octanol–water partition coefficient (Wildman–Crippen LogP) is 4.29. The van der Waals surface area contributed by atoms with Crippen LogP contribution in [0.4, 0.5) is 0 Å². The van der Waals surface area contributed by atoms with Gasteiger partial charge in [0.25, 0.3) is 5.82 Å². The lowest BCUT2D eigenvalue weighted by atomic mass is 9.64. The highest BCUT2D eigenvalue weighted by molar-refractivity contribution is 6.26. The van der Waals surface area contributed by atoms with E-state index in [1.165, 1.54) is 77.0 Å². The van der Waals surface area contributed by atoms with Gasteiger partial charge in [-0.3, -0.25) is 9.59 Å². The van der Waals surface area contributed by atoms with Crippen LogP contribution < -0.4 is 21.5 Å². The Hall–Kier alpha value is -1.75. The van der Waals surface area contributed by atoms with Gasteiger partial charge in [0.1, 0.15) is 6.04 Å². The van der Waals surface area contributed by atoms with Crippen LogP contribution in [0.5, 0.6) is 0 Å². The molecule has 0 saturated heterocycles. The number of carbonyl (C=O) groups excluding carboxylic acids is 2. The molecule has 2 aromatic rings. The zero-order chi connectivity index (χ0) is 24.4. The van der Waals surface area contributed by atoms with Gasteiger partial charge in [-0.1, -0.05) is 76.1 Å². The summed E-state index contributed by atoms with van der Waals surface area (Å²) in [7, 11) is 0. The van der Waals surface area contributed by atoms with E-state index in [1.807, 2.05) is 24.3 Å². The molecule has 0 N–H and O–H groups in total. The van der Waals surface area contributed by atoms with Crippen LogP contribution in [0.25, 0.3) is 0 Å². The number of nitrogens with zero attached hydrogens (tertiary/aromatic N) is 2. The van der Waals surface area contributed by atoms with Crippen LogP contribution in [0.15, 0.2) is 24.3 Å². The number of fused-ring (bicyclic) bond motifs is 2. The molecule has 36 heavy (non-hydrogen) atoms. The van der Waals surface area contributed by atoms with E-state index < -0.39 is 0 Å². The normalized spacial score (nSPS) is 19.2. The lowest BCUT2D eigenvalue weighted by Crippen LogP contribution is -3.00. The van der Waals surface area contributed by atoms with E-state index in [0.29, 0.717) is 34.0 Å². The molecule has 196 valence electrons. The fourth-order valence-electron chi connectivity index (χ4n) is 7.32. The summed E-state index contributed by atoms with van der Waals surface area (Å²) < 4.78 is 4.51. The number of halogens is 1. The molecule has 1 aromatic carbocycles. The molecule has 0 aliphatic heterocycles. The fraction of sp³-hybridized carbons (Fsp3) is 0.645. The molecule has 0 amide bonds. The summed E-state index contributed by atoms with van der Waals surface area (Å²) in [6, 6.07) is 7.74. The zero-order valence-electron chi connectivity index (χ0n) is 22.3. The Kier molecular flexibility index (Phi) is 8.91. The van der Waals surface area contributed by atoms with Crippen LogP contribution >= 0.6 is 0 Å². The molecule has 3 aliphatic rings. The third-order valence-electron chi connectivity index (χ3n) is 9.35. The van der Waals surface area contributed by atoms with Gasteiger partial charge in [0.2, 0.25) is 23.0 Å². The molecule has 1 aromatic heterocycles. The topological polar surface area (TPSA) is 43.0 Å². The third-order valence-corrected chi connectivity index (χ3v) is 9.35. The minimum atomic E-state index is 0. The molecule has 3 aliphatic carbocycles. The summed E-state index contributed by atoms with van der Waals surface area (Å²) in [6.45, 7) is 5.22. The molecule has 5 heteroatoms. The van der Waals surface area contributed by atoms with Crippen molar-refractivity contribution < 1.29 is 31.1 Å². The van der Waals surface area contributed by atoms with E-state index in [2.05, 4.69) is 23.0 Å². The standard InChI is InChI=1S/C31H43N2O2.BrH/c1-3-4-5-6-7-13-22-32-23(2)33(24-16-20-31(21-17-24)18-11-8-12-19-31)28-27(32)29(34)25-14-9-10-15-26(25)30(28)35;/h9-10,14-15,24H,3-8,11-13,16-22H2,1-2H3;1H/q+1;/p-1. The number of hydrogen-bond donors (Lipinski definition) is 0. The van der Waals surface area contributed by atoms with Crippen molar-refractivity contribution in [2.24, 2.45) is 5.41 Å². The summed E-state index contributed by atoms with van der Waals surface area (Å²) in [5.74, 6) is 1.17. The smallest absolute Gasteiger partial charge is 0.254 e. The molecule has 0 radical (unpaired) electrons. The molecule has 5 rings (SSSR count). The number of unbranched alkanes of at least 4 members (excludes halogenated alkanes) is 5. The number of rotatable bonds is 8. The van der Waals surface area contributed by atoms with E-state index in [-0.39, 0.29) is 28.5 Å². The summed E-state index contributed by atoms with van der Waals surface area (Å²) >= 11 is 0. The van der Waals surface area contributed by atoms with E-state index in [0.717, 1.165) is 31.6 Å².